The van der Waals surface area contributed by atoms with Crippen LogP contribution >= 0.6 is 23.2 Å². The molecule has 0 heterocycles. The molecule has 2 aromatic rings. The SMILES string of the molecule is CN(Cc1ccc(Cl)cc1)Cc1ccc(N)cc1Cl. The lowest BCUT2D eigenvalue weighted by Gasteiger charge is -2.18. The molecule has 0 fully saturated rings. The average Bonchev–Trinajstić information content (AvgIpc) is 2.36. The van der Waals surface area contributed by atoms with Gasteiger partial charge in [-0.3, -0.25) is 4.90 Å². The predicted molar refractivity (Wildman–Crippen MR) is 82.5 cm³/mol. The molecule has 0 aliphatic rings. The van der Waals surface area contributed by atoms with Gasteiger partial charge in [-0.1, -0.05) is 41.4 Å². The van der Waals surface area contributed by atoms with Crippen LogP contribution in [-0.2, 0) is 13.1 Å². The second-order valence-corrected chi connectivity index (χ2v) is 5.49. The molecule has 0 saturated heterocycles. The number of rotatable bonds is 4. The van der Waals surface area contributed by atoms with Crippen molar-refractivity contribution < 1.29 is 0 Å². The molecule has 0 atom stereocenters. The number of hydrogen-bond acceptors (Lipinski definition) is 2. The van der Waals surface area contributed by atoms with E-state index in [1.54, 1.807) is 6.07 Å². The number of nitrogens with two attached hydrogens (primary N) is 1. The highest BCUT2D eigenvalue weighted by atomic mass is 35.5. The van der Waals surface area contributed by atoms with Crippen molar-refractivity contribution in [2.75, 3.05) is 12.8 Å². The van der Waals surface area contributed by atoms with E-state index in [1.807, 2.05) is 36.4 Å². The molecule has 0 radical (unpaired) electrons. The number of nitrogens with zero attached hydrogens (tertiary/aromatic N) is 1. The van der Waals surface area contributed by atoms with Gasteiger partial charge in [-0.15, -0.1) is 0 Å². The maximum Gasteiger partial charge on any atom is 0.0471 e. The van der Waals surface area contributed by atoms with Gasteiger partial charge in [0.1, 0.15) is 0 Å². The largest absolute Gasteiger partial charge is 0.399 e. The van der Waals surface area contributed by atoms with E-state index in [1.165, 1.54) is 5.56 Å². The fraction of sp³-hybridized carbons (Fsp3) is 0.200. The summed E-state index contributed by atoms with van der Waals surface area (Å²) in [5, 5.41) is 1.47. The summed E-state index contributed by atoms with van der Waals surface area (Å²) in [4.78, 5) is 2.20. The van der Waals surface area contributed by atoms with Gasteiger partial charge >= 0.3 is 0 Å². The Bertz CT molecular complexity index is 553. The van der Waals surface area contributed by atoms with Crippen LogP contribution in [0.15, 0.2) is 42.5 Å². The molecule has 0 bridgehead atoms. The Morgan fingerprint density at radius 2 is 1.68 bits per heavy atom. The van der Waals surface area contributed by atoms with Crippen molar-refractivity contribution >= 4 is 28.9 Å². The van der Waals surface area contributed by atoms with Crippen LogP contribution in [0.3, 0.4) is 0 Å². The number of nitrogen functional groups attached to an aromatic ring is 1. The summed E-state index contributed by atoms with van der Waals surface area (Å²) < 4.78 is 0. The minimum atomic E-state index is 0.689. The first kappa shape index (κ1) is 14.2. The molecular weight excluding hydrogens is 279 g/mol. The Labute approximate surface area is 123 Å². The first-order valence-electron chi connectivity index (χ1n) is 6.01. The molecule has 2 nitrogen and oxygen atoms in total. The topological polar surface area (TPSA) is 29.3 Å². The van der Waals surface area contributed by atoms with E-state index in [4.69, 9.17) is 28.9 Å². The van der Waals surface area contributed by atoms with Crippen LogP contribution in [0.25, 0.3) is 0 Å². The van der Waals surface area contributed by atoms with Gasteiger partial charge in [0.15, 0.2) is 0 Å². The van der Waals surface area contributed by atoms with Gasteiger partial charge in [0.2, 0.25) is 0 Å². The van der Waals surface area contributed by atoms with Crippen LogP contribution in [0, 0.1) is 0 Å². The fourth-order valence-corrected chi connectivity index (χ4v) is 2.31. The summed E-state index contributed by atoms with van der Waals surface area (Å²) in [7, 11) is 2.06. The summed E-state index contributed by atoms with van der Waals surface area (Å²) in [5.41, 5.74) is 8.67. The molecule has 2 N–H and O–H groups in total. The lowest BCUT2D eigenvalue weighted by molar-refractivity contribution is 0.319. The van der Waals surface area contributed by atoms with Crippen LogP contribution in [0.1, 0.15) is 11.1 Å². The van der Waals surface area contributed by atoms with Crippen molar-refractivity contribution in [1.82, 2.24) is 4.90 Å². The Balaban J connectivity index is 2.01. The highest BCUT2D eigenvalue weighted by molar-refractivity contribution is 6.31. The zero-order valence-electron chi connectivity index (χ0n) is 10.7. The van der Waals surface area contributed by atoms with Crippen LogP contribution < -0.4 is 5.73 Å². The maximum atomic E-state index is 6.17. The van der Waals surface area contributed by atoms with Crippen LogP contribution in [-0.4, -0.2) is 11.9 Å². The first-order chi connectivity index (χ1) is 9.04. The summed E-state index contributed by atoms with van der Waals surface area (Å²) in [5.74, 6) is 0. The highest BCUT2D eigenvalue weighted by Crippen LogP contribution is 2.21. The van der Waals surface area contributed by atoms with E-state index in [9.17, 15) is 0 Å². The van der Waals surface area contributed by atoms with E-state index < -0.39 is 0 Å². The van der Waals surface area contributed by atoms with Crippen LogP contribution in [0.4, 0.5) is 5.69 Å². The molecule has 100 valence electrons. The number of hydrogen-bond donors (Lipinski definition) is 1. The normalized spacial score (nSPS) is 10.9. The zero-order valence-corrected chi connectivity index (χ0v) is 12.2. The number of benzene rings is 2. The molecule has 4 heteroatoms. The minimum Gasteiger partial charge on any atom is -0.399 e. The van der Waals surface area contributed by atoms with Crippen molar-refractivity contribution in [3.8, 4) is 0 Å². The Morgan fingerprint density at radius 3 is 2.32 bits per heavy atom. The third-order valence-electron chi connectivity index (χ3n) is 2.88. The lowest BCUT2D eigenvalue weighted by Crippen LogP contribution is -2.17. The van der Waals surface area contributed by atoms with Crippen LogP contribution in [0.2, 0.25) is 10.0 Å². The molecule has 19 heavy (non-hydrogen) atoms. The van der Waals surface area contributed by atoms with Gasteiger partial charge in [-0.05, 0) is 42.4 Å². The zero-order chi connectivity index (χ0) is 13.8. The van der Waals surface area contributed by atoms with E-state index in [2.05, 4.69) is 11.9 Å². The second kappa shape index (κ2) is 6.29. The van der Waals surface area contributed by atoms with Crippen molar-refractivity contribution in [3.63, 3.8) is 0 Å². The molecule has 0 spiro atoms. The van der Waals surface area contributed by atoms with Gasteiger partial charge in [-0.2, -0.15) is 0 Å². The van der Waals surface area contributed by atoms with Crippen molar-refractivity contribution in [3.05, 3.63) is 63.6 Å². The Hall–Kier alpha value is -1.22. The third kappa shape index (κ3) is 4.13. The molecule has 0 aromatic heterocycles. The third-order valence-corrected chi connectivity index (χ3v) is 3.49. The van der Waals surface area contributed by atoms with Gasteiger partial charge in [0, 0.05) is 28.8 Å². The molecule has 0 amide bonds. The van der Waals surface area contributed by atoms with Crippen molar-refractivity contribution in [2.45, 2.75) is 13.1 Å². The lowest BCUT2D eigenvalue weighted by atomic mass is 10.1. The summed E-state index contributed by atoms with van der Waals surface area (Å²) in [6.07, 6.45) is 0. The van der Waals surface area contributed by atoms with E-state index >= 15 is 0 Å². The fourth-order valence-electron chi connectivity index (χ4n) is 1.94. The molecule has 0 aliphatic carbocycles. The van der Waals surface area contributed by atoms with E-state index in [0.29, 0.717) is 10.7 Å². The molecule has 2 aromatic carbocycles. The van der Waals surface area contributed by atoms with Gasteiger partial charge in [0.25, 0.3) is 0 Å². The maximum absolute atomic E-state index is 6.17. The summed E-state index contributed by atoms with van der Waals surface area (Å²) >= 11 is 12.0. The van der Waals surface area contributed by atoms with E-state index in [0.717, 1.165) is 23.7 Å². The standard InChI is InChI=1S/C15H16Cl2N2/c1-19(9-11-2-5-13(16)6-3-11)10-12-4-7-14(18)8-15(12)17/h2-8H,9-10,18H2,1H3. The number of halogens is 2. The monoisotopic (exact) mass is 294 g/mol. The van der Waals surface area contributed by atoms with Crippen LogP contribution in [0.5, 0.6) is 0 Å². The second-order valence-electron chi connectivity index (χ2n) is 4.65. The predicted octanol–water partition coefficient (Wildman–Crippen LogP) is 4.21. The number of anilines is 1. The van der Waals surface area contributed by atoms with Crippen molar-refractivity contribution in [1.29, 1.82) is 0 Å². The van der Waals surface area contributed by atoms with Gasteiger partial charge in [-0.25, -0.2) is 0 Å². The minimum absolute atomic E-state index is 0.689. The summed E-state index contributed by atoms with van der Waals surface area (Å²) in [6.45, 7) is 1.62. The van der Waals surface area contributed by atoms with E-state index in [-0.39, 0.29) is 0 Å². The molecule has 0 saturated carbocycles. The summed E-state index contributed by atoms with van der Waals surface area (Å²) in [6, 6.07) is 13.5. The van der Waals surface area contributed by atoms with Gasteiger partial charge in [0.05, 0.1) is 0 Å². The quantitative estimate of drug-likeness (QED) is 0.856. The Morgan fingerprint density at radius 1 is 1.00 bits per heavy atom. The molecule has 0 aliphatic heterocycles. The first-order valence-corrected chi connectivity index (χ1v) is 6.77. The smallest absolute Gasteiger partial charge is 0.0471 e. The Kier molecular flexibility index (Phi) is 4.70. The molecular formula is C15H16Cl2N2. The molecule has 0 unspecified atom stereocenters. The van der Waals surface area contributed by atoms with Gasteiger partial charge < -0.3 is 5.73 Å². The molecule has 2 rings (SSSR count). The highest BCUT2D eigenvalue weighted by Gasteiger charge is 2.05. The average molecular weight is 295 g/mol. The van der Waals surface area contributed by atoms with Crippen molar-refractivity contribution in [2.24, 2.45) is 0 Å².